The Balaban J connectivity index is 1.96. The zero-order valence-corrected chi connectivity index (χ0v) is 13.1. The third-order valence-corrected chi connectivity index (χ3v) is 3.82. The first-order chi connectivity index (χ1) is 10.6. The number of aromatic hydroxyl groups is 1. The van der Waals surface area contributed by atoms with Crippen LogP contribution in [0, 0.1) is 5.82 Å². The van der Waals surface area contributed by atoms with Gasteiger partial charge in [0.1, 0.15) is 11.6 Å². The molecule has 0 radical (unpaired) electrons. The van der Waals surface area contributed by atoms with E-state index in [1.807, 2.05) is 6.26 Å². The summed E-state index contributed by atoms with van der Waals surface area (Å²) in [6.45, 7) is 0.369. The van der Waals surface area contributed by atoms with Gasteiger partial charge in [-0.25, -0.2) is 4.39 Å². The molecule has 0 aliphatic carbocycles. The highest BCUT2D eigenvalue weighted by Crippen LogP contribution is 2.17. The SMILES string of the molecule is CSCc1cc(F)ccc1CNC(=O)Cc1cccc(O)c1. The van der Waals surface area contributed by atoms with E-state index in [1.54, 1.807) is 42.1 Å². The van der Waals surface area contributed by atoms with Crippen molar-refractivity contribution in [2.75, 3.05) is 6.26 Å². The summed E-state index contributed by atoms with van der Waals surface area (Å²) >= 11 is 1.61. The van der Waals surface area contributed by atoms with Crippen molar-refractivity contribution >= 4 is 17.7 Å². The Morgan fingerprint density at radius 1 is 1.23 bits per heavy atom. The number of hydrogen-bond donors (Lipinski definition) is 2. The van der Waals surface area contributed by atoms with Crippen molar-refractivity contribution in [1.82, 2.24) is 5.32 Å². The zero-order chi connectivity index (χ0) is 15.9. The predicted molar refractivity (Wildman–Crippen MR) is 87.3 cm³/mol. The van der Waals surface area contributed by atoms with E-state index in [0.717, 1.165) is 16.7 Å². The lowest BCUT2D eigenvalue weighted by atomic mass is 10.1. The van der Waals surface area contributed by atoms with E-state index in [1.165, 1.54) is 12.1 Å². The molecule has 0 saturated heterocycles. The summed E-state index contributed by atoms with van der Waals surface area (Å²) in [5, 5.41) is 12.2. The van der Waals surface area contributed by atoms with Crippen LogP contribution in [-0.4, -0.2) is 17.3 Å². The quantitative estimate of drug-likeness (QED) is 0.859. The normalized spacial score (nSPS) is 10.5. The minimum atomic E-state index is -0.265. The van der Waals surface area contributed by atoms with Gasteiger partial charge in [0, 0.05) is 12.3 Å². The van der Waals surface area contributed by atoms with E-state index in [0.29, 0.717) is 12.3 Å². The maximum absolute atomic E-state index is 13.3. The Morgan fingerprint density at radius 3 is 2.77 bits per heavy atom. The van der Waals surface area contributed by atoms with E-state index in [9.17, 15) is 14.3 Å². The Morgan fingerprint density at radius 2 is 2.05 bits per heavy atom. The number of rotatable bonds is 6. The molecule has 2 aromatic rings. The summed E-state index contributed by atoms with van der Waals surface area (Å²) < 4.78 is 13.3. The van der Waals surface area contributed by atoms with E-state index >= 15 is 0 Å². The highest BCUT2D eigenvalue weighted by molar-refractivity contribution is 7.97. The van der Waals surface area contributed by atoms with Crippen LogP contribution in [0.4, 0.5) is 4.39 Å². The average Bonchev–Trinajstić information content (AvgIpc) is 2.47. The predicted octanol–water partition coefficient (Wildman–Crippen LogP) is 3.25. The highest BCUT2D eigenvalue weighted by Gasteiger charge is 2.07. The summed E-state index contributed by atoms with van der Waals surface area (Å²) in [5.41, 5.74) is 2.56. The number of thioether (sulfide) groups is 1. The van der Waals surface area contributed by atoms with Gasteiger partial charge in [-0.05, 0) is 47.2 Å². The molecule has 2 aromatic carbocycles. The lowest BCUT2D eigenvalue weighted by Gasteiger charge is -2.10. The van der Waals surface area contributed by atoms with Crippen LogP contribution in [0.3, 0.4) is 0 Å². The molecule has 0 heterocycles. The third kappa shape index (κ3) is 4.77. The molecular formula is C17H18FNO2S. The largest absolute Gasteiger partial charge is 0.508 e. The topological polar surface area (TPSA) is 49.3 Å². The van der Waals surface area contributed by atoms with Gasteiger partial charge in [0.25, 0.3) is 0 Å². The van der Waals surface area contributed by atoms with E-state index in [2.05, 4.69) is 5.32 Å². The number of halogens is 1. The molecule has 0 aliphatic rings. The summed E-state index contributed by atoms with van der Waals surface area (Å²) in [6, 6.07) is 11.2. The van der Waals surface area contributed by atoms with Crippen LogP contribution in [0.2, 0.25) is 0 Å². The molecule has 5 heteroatoms. The van der Waals surface area contributed by atoms with Gasteiger partial charge in [-0.2, -0.15) is 11.8 Å². The number of phenolic OH excluding ortho intramolecular Hbond substituents is 1. The first-order valence-electron chi connectivity index (χ1n) is 6.89. The molecule has 2 rings (SSSR count). The number of carbonyl (C=O) groups excluding carboxylic acids is 1. The molecule has 0 fully saturated rings. The molecule has 1 amide bonds. The molecular weight excluding hydrogens is 301 g/mol. The maximum Gasteiger partial charge on any atom is 0.224 e. The van der Waals surface area contributed by atoms with Crippen molar-refractivity contribution in [3.05, 3.63) is 65.0 Å². The molecule has 0 spiro atoms. The molecule has 2 N–H and O–H groups in total. The van der Waals surface area contributed by atoms with Crippen molar-refractivity contribution in [1.29, 1.82) is 0 Å². The summed E-state index contributed by atoms with van der Waals surface area (Å²) in [5.74, 6) is 0.449. The molecule has 0 saturated carbocycles. The number of amides is 1. The molecule has 22 heavy (non-hydrogen) atoms. The number of benzene rings is 2. The lowest BCUT2D eigenvalue weighted by Crippen LogP contribution is -2.25. The second kappa shape index (κ2) is 7.84. The molecule has 116 valence electrons. The molecule has 0 aliphatic heterocycles. The first-order valence-corrected chi connectivity index (χ1v) is 8.28. The van der Waals surface area contributed by atoms with Crippen LogP contribution in [0.1, 0.15) is 16.7 Å². The van der Waals surface area contributed by atoms with Crippen LogP contribution >= 0.6 is 11.8 Å². The van der Waals surface area contributed by atoms with Crippen molar-refractivity contribution in [3.8, 4) is 5.75 Å². The fourth-order valence-electron chi connectivity index (χ4n) is 2.16. The number of nitrogens with one attached hydrogen (secondary N) is 1. The first kappa shape index (κ1) is 16.4. The van der Waals surface area contributed by atoms with Crippen LogP contribution in [0.15, 0.2) is 42.5 Å². The minimum Gasteiger partial charge on any atom is -0.508 e. The van der Waals surface area contributed by atoms with E-state index in [-0.39, 0.29) is 23.9 Å². The Kier molecular flexibility index (Phi) is 5.83. The van der Waals surface area contributed by atoms with Gasteiger partial charge in [0.15, 0.2) is 0 Å². The Hall–Kier alpha value is -2.01. The highest BCUT2D eigenvalue weighted by atomic mass is 32.2. The fourth-order valence-corrected chi connectivity index (χ4v) is 2.74. The van der Waals surface area contributed by atoms with E-state index in [4.69, 9.17) is 0 Å². The van der Waals surface area contributed by atoms with Crippen molar-refractivity contribution in [2.24, 2.45) is 0 Å². The van der Waals surface area contributed by atoms with Gasteiger partial charge in [-0.15, -0.1) is 0 Å². The second-order valence-electron chi connectivity index (χ2n) is 4.97. The van der Waals surface area contributed by atoms with Gasteiger partial charge in [0.05, 0.1) is 6.42 Å². The summed E-state index contributed by atoms with van der Waals surface area (Å²) in [7, 11) is 0. The standard InChI is InChI=1S/C17H18FNO2S/c1-22-11-14-9-15(18)6-5-13(14)10-19-17(21)8-12-3-2-4-16(20)7-12/h2-7,9,20H,8,10-11H2,1H3,(H,19,21). The smallest absolute Gasteiger partial charge is 0.224 e. The average molecular weight is 319 g/mol. The van der Waals surface area contributed by atoms with Crippen LogP contribution < -0.4 is 5.32 Å². The monoisotopic (exact) mass is 319 g/mol. The molecule has 0 atom stereocenters. The maximum atomic E-state index is 13.3. The number of carbonyl (C=O) groups is 1. The summed E-state index contributed by atoms with van der Waals surface area (Å²) in [6.07, 6.45) is 2.16. The molecule has 0 aromatic heterocycles. The summed E-state index contributed by atoms with van der Waals surface area (Å²) in [4.78, 5) is 12.0. The Bertz CT molecular complexity index is 661. The van der Waals surface area contributed by atoms with E-state index < -0.39 is 0 Å². The minimum absolute atomic E-state index is 0.134. The molecule has 3 nitrogen and oxygen atoms in total. The van der Waals surface area contributed by atoms with Crippen molar-refractivity contribution < 1.29 is 14.3 Å². The molecule has 0 unspecified atom stereocenters. The third-order valence-electron chi connectivity index (χ3n) is 3.22. The van der Waals surface area contributed by atoms with Gasteiger partial charge >= 0.3 is 0 Å². The fraction of sp³-hybridized carbons (Fsp3) is 0.235. The van der Waals surface area contributed by atoms with Crippen LogP contribution in [0.25, 0.3) is 0 Å². The molecule has 0 bridgehead atoms. The second-order valence-corrected chi connectivity index (χ2v) is 5.84. The van der Waals surface area contributed by atoms with Gasteiger partial charge < -0.3 is 10.4 Å². The Labute approximate surface area is 133 Å². The van der Waals surface area contributed by atoms with Crippen LogP contribution in [0.5, 0.6) is 5.75 Å². The van der Waals surface area contributed by atoms with Crippen molar-refractivity contribution in [3.63, 3.8) is 0 Å². The van der Waals surface area contributed by atoms with Gasteiger partial charge in [-0.1, -0.05) is 18.2 Å². The van der Waals surface area contributed by atoms with Crippen molar-refractivity contribution in [2.45, 2.75) is 18.7 Å². The lowest BCUT2D eigenvalue weighted by molar-refractivity contribution is -0.120. The van der Waals surface area contributed by atoms with Gasteiger partial charge in [-0.3, -0.25) is 4.79 Å². The number of phenols is 1. The van der Waals surface area contributed by atoms with Gasteiger partial charge in [0.2, 0.25) is 5.91 Å². The number of hydrogen-bond acceptors (Lipinski definition) is 3. The zero-order valence-electron chi connectivity index (χ0n) is 12.3. The van der Waals surface area contributed by atoms with Crippen LogP contribution in [-0.2, 0) is 23.5 Å².